The molecule has 0 saturated heterocycles. The van der Waals surface area contributed by atoms with Crippen LogP contribution in [0.2, 0.25) is 0 Å². The first-order chi connectivity index (χ1) is 8.02. The lowest BCUT2D eigenvalue weighted by Gasteiger charge is -2.06. The molecule has 17 heavy (non-hydrogen) atoms. The van der Waals surface area contributed by atoms with Gasteiger partial charge >= 0.3 is 12.0 Å². The monoisotopic (exact) mass is 240 g/mol. The van der Waals surface area contributed by atoms with Crippen LogP contribution in [0.4, 0.5) is 10.6 Å². The van der Waals surface area contributed by atoms with Gasteiger partial charge in [0.15, 0.2) is 0 Å². The second-order valence-corrected chi connectivity index (χ2v) is 3.41. The SMILES string of the molecule is CCOC(=O)CNC(=O)Nc1cc(C)nn1C. The van der Waals surface area contributed by atoms with Crippen molar-refractivity contribution in [1.82, 2.24) is 15.1 Å². The third-order valence-electron chi connectivity index (χ3n) is 1.94. The Balaban J connectivity index is 2.40. The number of hydrogen-bond donors (Lipinski definition) is 2. The van der Waals surface area contributed by atoms with Crippen LogP contribution in [0, 0.1) is 6.92 Å². The Bertz CT molecular complexity index is 414. The number of carbonyl (C=O) groups is 2. The van der Waals surface area contributed by atoms with Gasteiger partial charge in [0.1, 0.15) is 12.4 Å². The molecule has 1 rings (SSSR count). The number of rotatable bonds is 4. The fourth-order valence-corrected chi connectivity index (χ4v) is 1.25. The molecule has 7 heteroatoms. The average Bonchev–Trinajstić information content (AvgIpc) is 2.55. The van der Waals surface area contributed by atoms with Crippen LogP contribution in [0.1, 0.15) is 12.6 Å². The van der Waals surface area contributed by atoms with Crippen molar-refractivity contribution >= 4 is 17.8 Å². The molecule has 0 aliphatic rings. The summed E-state index contributed by atoms with van der Waals surface area (Å²) in [5.74, 6) is 0.0905. The Morgan fingerprint density at radius 2 is 2.24 bits per heavy atom. The molecule has 0 unspecified atom stereocenters. The number of nitrogens with zero attached hydrogens (tertiary/aromatic N) is 2. The van der Waals surface area contributed by atoms with Crippen molar-refractivity contribution in [3.05, 3.63) is 11.8 Å². The highest BCUT2D eigenvalue weighted by molar-refractivity contribution is 5.90. The molecule has 2 N–H and O–H groups in total. The van der Waals surface area contributed by atoms with Gasteiger partial charge in [0.2, 0.25) is 0 Å². The van der Waals surface area contributed by atoms with Crippen molar-refractivity contribution < 1.29 is 14.3 Å². The molecule has 0 radical (unpaired) electrons. The number of aryl methyl sites for hydroxylation is 2. The molecule has 0 aliphatic carbocycles. The summed E-state index contributed by atoms with van der Waals surface area (Å²) in [6, 6.07) is 1.25. The van der Waals surface area contributed by atoms with E-state index in [1.165, 1.54) is 0 Å². The minimum Gasteiger partial charge on any atom is -0.465 e. The number of ether oxygens (including phenoxy) is 1. The zero-order valence-corrected chi connectivity index (χ0v) is 10.1. The van der Waals surface area contributed by atoms with Gasteiger partial charge in [0.05, 0.1) is 12.3 Å². The van der Waals surface area contributed by atoms with E-state index in [0.717, 1.165) is 5.69 Å². The molecular weight excluding hydrogens is 224 g/mol. The number of anilines is 1. The van der Waals surface area contributed by atoms with Crippen molar-refractivity contribution in [1.29, 1.82) is 0 Å². The van der Waals surface area contributed by atoms with Crippen molar-refractivity contribution in [3.63, 3.8) is 0 Å². The van der Waals surface area contributed by atoms with Gasteiger partial charge in [-0.3, -0.25) is 14.8 Å². The molecule has 1 aromatic heterocycles. The fraction of sp³-hybridized carbons (Fsp3) is 0.500. The predicted octanol–water partition coefficient (Wildman–Crippen LogP) is 0.413. The van der Waals surface area contributed by atoms with Gasteiger partial charge in [0, 0.05) is 13.1 Å². The van der Waals surface area contributed by atoms with Crippen molar-refractivity contribution in [3.8, 4) is 0 Å². The molecule has 2 amide bonds. The molecule has 0 fully saturated rings. The lowest BCUT2D eigenvalue weighted by Crippen LogP contribution is -2.34. The number of hydrogen-bond acceptors (Lipinski definition) is 4. The number of aromatic nitrogens is 2. The number of amides is 2. The van der Waals surface area contributed by atoms with E-state index in [1.807, 2.05) is 6.92 Å². The van der Waals surface area contributed by atoms with Crippen molar-refractivity contribution in [2.24, 2.45) is 7.05 Å². The van der Waals surface area contributed by atoms with Gasteiger partial charge in [-0.15, -0.1) is 0 Å². The van der Waals surface area contributed by atoms with E-state index in [-0.39, 0.29) is 6.54 Å². The predicted molar refractivity (Wildman–Crippen MR) is 61.6 cm³/mol. The summed E-state index contributed by atoms with van der Waals surface area (Å²) in [5.41, 5.74) is 0.799. The minimum absolute atomic E-state index is 0.156. The summed E-state index contributed by atoms with van der Waals surface area (Å²) in [5, 5.41) is 9.03. The number of urea groups is 1. The minimum atomic E-state index is -0.471. The molecule has 0 saturated carbocycles. The quantitative estimate of drug-likeness (QED) is 0.746. The Morgan fingerprint density at radius 3 is 2.76 bits per heavy atom. The summed E-state index contributed by atoms with van der Waals surface area (Å²) in [7, 11) is 1.72. The van der Waals surface area contributed by atoms with Crippen LogP contribution in [0.25, 0.3) is 0 Å². The van der Waals surface area contributed by atoms with Crippen LogP contribution >= 0.6 is 0 Å². The first-order valence-electron chi connectivity index (χ1n) is 5.24. The maximum Gasteiger partial charge on any atom is 0.325 e. The maximum absolute atomic E-state index is 11.4. The van der Waals surface area contributed by atoms with E-state index < -0.39 is 12.0 Å². The molecule has 94 valence electrons. The molecule has 7 nitrogen and oxygen atoms in total. The summed E-state index contributed by atoms with van der Waals surface area (Å²) < 4.78 is 6.21. The third kappa shape index (κ3) is 4.13. The molecule has 0 atom stereocenters. The van der Waals surface area contributed by atoms with Gasteiger partial charge in [0.25, 0.3) is 0 Å². The van der Waals surface area contributed by atoms with Gasteiger partial charge in [-0.2, -0.15) is 5.10 Å². The van der Waals surface area contributed by atoms with E-state index >= 15 is 0 Å². The Hall–Kier alpha value is -2.05. The molecule has 1 heterocycles. The molecular formula is C10H16N4O3. The summed E-state index contributed by atoms with van der Waals surface area (Å²) in [6.45, 7) is 3.66. The van der Waals surface area contributed by atoms with Crippen LogP contribution in [0.5, 0.6) is 0 Å². The van der Waals surface area contributed by atoms with Gasteiger partial charge < -0.3 is 10.1 Å². The average molecular weight is 240 g/mol. The van der Waals surface area contributed by atoms with Gasteiger partial charge in [-0.25, -0.2) is 4.79 Å². The van der Waals surface area contributed by atoms with Crippen LogP contribution in [-0.4, -0.2) is 34.9 Å². The Kier molecular flexibility index (Phi) is 4.50. The molecule has 0 spiro atoms. The number of nitrogens with one attached hydrogen (secondary N) is 2. The highest BCUT2D eigenvalue weighted by atomic mass is 16.5. The first kappa shape index (κ1) is 13.0. The molecule has 1 aromatic rings. The van der Waals surface area contributed by atoms with E-state index in [0.29, 0.717) is 12.4 Å². The van der Waals surface area contributed by atoms with Crippen LogP contribution in [-0.2, 0) is 16.6 Å². The lowest BCUT2D eigenvalue weighted by atomic mass is 10.5. The van der Waals surface area contributed by atoms with E-state index in [1.54, 1.807) is 24.7 Å². The summed E-state index contributed by atoms with van der Waals surface area (Å²) in [6.07, 6.45) is 0. The topological polar surface area (TPSA) is 85.2 Å². The lowest BCUT2D eigenvalue weighted by molar-refractivity contribution is -0.141. The van der Waals surface area contributed by atoms with Crippen LogP contribution in [0.3, 0.4) is 0 Å². The Labute approximate surface area is 99.1 Å². The van der Waals surface area contributed by atoms with E-state index in [9.17, 15) is 9.59 Å². The molecule has 0 bridgehead atoms. The van der Waals surface area contributed by atoms with Gasteiger partial charge in [-0.1, -0.05) is 0 Å². The Morgan fingerprint density at radius 1 is 1.53 bits per heavy atom. The zero-order valence-electron chi connectivity index (χ0n) is 10.1. The third-order valence-corrected chi connectivity index (χ3v) is 1.94. The van der Waals surface area contributed by atoms with Crippen LogP contribution < -0.4 is 10.6 Å². The standard InChI is InChI=1S/C10H16N4O3/c1-4-17-9(15)6-11-10(16)12-8-5-7(2)13-14(8)3/h5H,4,6H2,1-3H3,(H2,11,12,16). The fourth-order valence-electron chi connectivity index (χ4n) is 1.25. The highest BCUT2D eigenvalue weighted by Gasteiger charge is 2.08. The second-order valence-electron chi connectivity index (χ2n) is 3.41. The summed E-state index contributed by atoms with van der Waals surface area (Å²) in [4.78, 5) is 22.4. The normalized spacial score (nSPS) is 9.82. The smallest absolute Gasteiger partial charge is 0.325 e. The molecule has 0 aromatic carbocycles. The van der Waals surface area contributed by atoms with Crippen molar-refractivity contribution in [2.75, 3.05) is 18.5 Å². The van der Waals surface area contributed by atoms with E-state index in [2.05, 4.69) is 20.5 Å². The number of esters is 1. The van der Waals surface area contributed by atoms with Gasteiger partial charge in [-0.05, 0) is 13.8 Å². The van der Waals surface area contributed by atoms with E-state index in [4.69, 9.17) is 0 Å². The first-order valence-corrected chi connectivity index (χ1v) is 5.24. The van der Waals surface area contributed by atoms with Crippen LogP contribution in [0.15, 0.2) is 6.07 Å². The highest BCUT2D eigenvalue weighted by Crippen LogP contribution is 2.07. The largest absolute Gasteiger partial charge is 0.465 e. The zero-order chi connectivity index (χ0) is 12.8. The second kappa shape index (κ2) is 5.88. The maximum atomic E-state index is 11.4. The summed E-state index contributed by atoms with van der Waals surface area (Å²) >= 11 is 0. The molecule has 0 aliphatic heterocycles. The van der Waals surface area contributed by atoms with Crippen molar-refractivity contribution in [2.45, 2.75) is 13.8 Å². The number of carbonyl (C=O) groups excluding carboxylic acids is 2.